The summed E-state index contributed by atoms with van der Waals surface area (Å²) in [7, 11) is 1.62. The van der Waals surface area contributed by atoms with Crippen LogP contribution in [0.25, 0.3) is 10.1 Å². The summed E-state index contributed by atoms with van der Waals surface area (Å²) < 4.78 is 6.26. The average molecular weight is 209 g/mol. The first-order valence-electron chi connectivity index (χ1n) is 4.20. The van der Waals surface area contributed by atoms with Crippen LogP contribution in [0, 0.1) is 0 Å². The number of rotatable bonds is 2. The van der Waals surface area contributed by atoms with Crippen LogP contribution in [0.3, 0.4) is 0 Å². The second kappa shape index (κ2) is 3.48. The van der Waals surface area contributed by atoms with Crippen LogP contribution in [0.5, 0.6) is 5.75 Å². The van der Waals surface area contributed by atoms with Crippen LogP contribution in [0.1, 0.15) is 5.56 Å². The molecule has 0 atom stereocenters. The second-order valence-electron chi connectivity index (χ2n) is 3.02. The van der Waals surface area contributed by atoms with Gasteiger partial charge in [0.05, 0.1) is 24.1 Å². The Bertz CT molecular complexity index is 464. The minimum Gasteiger partial charge on any atom is -0.495 e. The predicted molar refractivity (Wildman–Crippen MR) is 58.7 cm³/mol. The fraction of sp³-hybridized carbons (Fsp3) is 0.200. The van der Waals surface area contributed by atoms with Gasteiger partial charge >= 0.3 is 0 Å². The summed E-state index contributed by atoms with van der Waals surface area (Å²) in [6.07, 6.45) is 0. The lowest BCUT2D eigenvalue weighted by Gasteiger charge is -2.04. The third-order valence-electron chi connectivity index (χ3n) is 2.13. The first kappa shape index (κ1) is 9.30. The molecule has 74 valence electrons. The van der Waals surface area contributed by atoms with Crippen LogP contribution in [0.4, 0.5) is 5.69 Å². The average Bonchev–Trinajstić information content (AvgIpc) is 2.59. The minimum atomic E-state index is 0.00157. The zero-order chi connectivity index (χ0) is 10.1. The molecular formula is C10H11NO2S. The van der Waals surface area contributed by atoms with E-state index in [1.54, 1.807) is 18.4 Å². The number of hydrogen-bond donors (Lipinski definition) is 2. The van der Waals surface area contributed by atoms with Gasteiger partial charge in [0.25, 0.3) is 0 Å². The normalized spacial score (nSPS) is 10.7. The van der Waals surface area contributed by atoms with Crippen molar-refractivity contribution in [2.24, 2.45) is 0 Å². The Morgan fingerprint density at radius 1 is 1.50 bits per heavy atom. The highest BCUT2D eigenvalue weighted by molar-refractivity contribution is 7.18. The van der Waals surface area contributed by atoms with Crippen molar-refractivity contribution in [3.8, 4) is 5.75 Å². The number of nitrogens with two attached hydrogens (primary N) is 1. The first-order chi connectivity index (χ1) is 6.76. The second-order valence-corrected chi connectivity index (χ2v) is 3.90. The number of ether oxygens (including phenoxy) is 1. The maximum Gasteiger partial charge on any atom is 0.137 e. The summed E-state index contributed by atoms with van der Waals surface area (Å²) in [6, 6.07) is 3.72. The molecule has 14 heavy (non-hydrogen) atoms. The highest BCUT2D eigenvalue weighted by atomic mass is 32.1. The van der Waals surface area contributed by atoms with Gasteiger partial charge in [0.15, 0.2) is 0 Å². The van der Waals surface area contributed by atoms with E-state index in [-0.39, 0.29) is 6.61 Å². The van der Waals surface area contributed by atoms with Crippen LogP contribution < -0.4 is 10.5 Å². The van der Waals surface area contributed by atoms with E-state index in [1.165, 1.54) is 0 Å². The van der Waals surface area contributed by atoms with Gasteiger partial charge in [-0.1, -0.05) is 0 Å². The highest BCUT2D eigenvalue weighted by Gasteiger charge is 2.08. The molecule has 0 fully saturated rings. The Kier molecular flexibility index (Phi) is 2.31. The smallest absolute Gasteiger partial charge is 0.137 e. The molecule has 0 saturated carbocycles. The molecule has 0 bridgehead atoms. The highest BCUT2D eigenvalue weighted by Crippen LogP contribution is 2.36. The van der Waals surface area contributed by atoms with Crippen LogP contribution in [-0.2, 0) is 6.61 Å². The molecule has 0 amide bonds. The maximum absolute atomic E-state index is 9.05. The number of nitrogen functional groups attached to an aromatic ring is 1. The Morgan fingerprint density at radius 2 is 2.29 bits per heavy atom. The zero-order valence-electron chi connectivity index (χ0n) is 7.78. The van der Waals surface area contributed by atoms with Crippen molar-refractivity contribution in [3.05, 3.63) is 23.1 Å². The van der Waals surface area contributed by atoms with Crippen LogP contribution in [0.2, 0.25) is 0 Å². The van der Waals surface area contributed by atoms with Gasteiger partial charge in [-0.25, -0.2) is 0 Å². The van der Waals surface area contributed by atoms with Crippen molar-refractivity contribution in [1.29, 1.82) is 0 Å². The number of aliphatic hydroxyl groups is 1. The lowest BCUT2D eigenvalue weighted by molar-refractivity contribution is 0.281. The molecule has 4 heteroatoms. The molecule has 3 nitrogen and oxygen atoms in total. The van der Waals surface area contributed by atoms with Crippen LogP contribution in [-0.4, -0.2) is 12.2 Å². The van der Waals surface area contributed by atoms with E-state index in [0.717, 1.165) is 27.1 Å². The lowest BCUT2D eigenvalue weighted by Crippen LogP contribution is -1.89. The molecule has 0 aliphatic rings. The van der Waals surface area contributed by atoms with E-state index < -0.39 is 0 Å². The number of thiophene rings is 1. The van der Waals surface area contributed by atoms with Crippen molar-refractivity contribution >= 4 is 27.1 Å². The number of hydrogen-bond acceptors (Lipinski definition) is 4. The molecule has 1 heterocycles. The Labute approximate surface area is 85.7 Å². The van der Waals surface area contributed by atoms with Crippen LogP contribution in [0.15, 0.2) is 17.5 Å². The summed E-state index contributed by atoms with van der Waals surface area (Å²) in [6.45, 7) is 0.00157. The summed E-state index contributed by atoms with van der Waals surface area (Å²) in [5.74, 6) is 0.772. The topological polar surface area (TPSA) is 55.5 Å². The fourth-order valence-corrected chi connectivity index (χ4v) is 2.36. The molecule has 1 aromatic carbocycles. The van der Waals surface area contributed by atoms with Crippen molar-refractivity contribution in [1.82, 2.24) is 0 Å². The number of fused-ring (bicyclic) bond motifs is 1. The third kappa shape index (κ3) is 1.32. The van der Waals surface area contributed by atoms with E-state index in [0.29, 0.717) is 0 Å². The Morgan fingerprint density at radius 3 is 2.93 bits per heavy atom. The molecule has 0 aliphatic carbocycles. The molecule has 2 rings (SSSR count). The van der Waals surface area contributed by atoms with E-state index in [4.69, 9.17) is 15.6 Å². The van der Waals surface area contributed by atoms with Gasteiger partial charge < -0.3 is 15.6 Å². The standard InChI is InChI=1S/C10H11NO2S/c1-13-9-3-6(4-12)2-7-8(11)5-14-10(7)9/h2-3,5,12H,4,11H2,1H3. The van der Waals surface area contributed by atoms with Crippen molar-refractivity contribution in [2.45, 2.75) is 6.61 Å². The summed E-state index contributed by atoms with van der Waals surface area (Å²) in [4.78, 5) is 0. The van der Waals surface area contributed by atoms with Crippen LogP contribution >= 0.6 is 11.3 Å². The molecule has 3 N–H and O–H groups in total. The third-order valence-corrected chi connectivity index (χ3v) is 3.16. The van der Waals surface area contributed by atoms with Crippen molar-refractivity contribution in [2.75, 3.05) is 12.8 Å². The number of benzene rings is 1. The largest absolute Gasteiger partial charge is 0.495 e. The van der Waals surface area contributed by atoms with Gasteiger partial charge in [-0.2, -0.15) is 0 Å². The SMILES string of the molecule is COc1cc(CO)cc2c(N)csc12. The monoisotopic (exact) mass is 209 g/mol. The van der Waals surface area contributed by atoms with Crippen molar-refractivity contribution in [3.63, 3.8) is 0 Å². The number of methoxy groups -OCH3 is 1. The minimum absolute atomic E-state index is 0.00157. The number of anilines is 1. The zero-order valence-corrected chi connectivity index (χ0v) is 8.60. The Hall–Kier alpha value is -1.26. The Balaban J connectivity index is 2.76. The molecule has 0 unspecified atom stereocenters. The predicted octanol–water partition coefficient (Wildman–Crippen LogP) is 1.98. The van der Waals surface area contributed by atoms with Gasteiger partial charge in [0, 0.05) is 10.8 Å². The molecule has 1 aromatic heterocycles. The molecule has 0 aliphatic heterocycles. The van der Waals surface area contributed by atoms with Gasteiger partial charge in [0.2, 0.25) is 0 Å². The van der Waals surface area contributed by atoms with Gasteiger partial charge in [-0.3, -0.25) is 0 Å². The summed E-state index contributed by atoms with van der Waals surface area (Å²) >= 11 is 1.55. The van der Waals surface area contributed by atoms with E-state index in [2.05, 4.69) is 0 Å². The molecule has 2 aromatic rings. The van der Waals surface area contributed by atoms with Gasteiger partial charge in [0.1, 0.15) is 5.75 Å². The van der Waals surface area contributed by atoms with E-state index in [9.17, 15) is 0 Å². The van der Waals surface area contributed by atoms with E-state index in [1.807, 2.05) is 17.5 Å². The molecular weight excluding hydrogens is 198 g/mol. The fourth-order valence-electron chi connectivity index (χ4n) is 1.42. The quantitative estimate of drug-likeness (QED) is 0.795. The molecule has 0 saturated heterocycles. The molecule has 0 radical (unpaired) electrons. The van der Waals surface area contributed by atoms with Gasteiger partial charge in [-0.15, -0.1) is 11.3 Å². The first-order valence-corrected chi connectivity index (χ1v) is 5.08. The van der Waals surface area contributed by atoms with E-state index >= 15 is 0 Å². The summed E-state index contributed by atoms with van der Waals surface area (Å²) in [5, 5.41) is 11.9. The molecule has 0 spiro atoms. The van der Waals surface area contributed by atoms with Crippen molar-refractivity contribution < 1.29 is 9.84 Å². The number of aliphatic hydroxyl groups excluding tert-OH is 1. The van der Waals surface area contributed by atoms with Gasteiger partial charge in [-0.05, 0) is 17.7 Å². The lowest BCUT2D eigenvalue weighted by atomic mass is 10.1. The summed E-state index contributed by atoms with van der Waals surface area (Å²) in [5.41, 5.74) is 7.35. The maximum atomic E-state index is 9.05.